The van der Waals surface area contributed by atoms with Gasteiger partial charge in [-0.1, -0.05) is 38.1 Å². The van der Waals surface area contributed by atoms with Crippen molar-refractivity contribution in [2.45, 2.75) is 26.0 Å². The third-order valence-corrected chi connectivity index (χ3v) is 4.04. The summed E-state index contributed by atoms with van der Waals surface area (Å²) in [6.07, 6.45) is 4.90. The molecule has 0 spiro atoms. The summed E-state index contributed by atoms with van der Waals surface area (Å²) in [6.45, 7) is 4.00. The molecule has 2 atom stereocenters. The molecule has 1 aliphatic rings. The second kappa shape index (κ2) is 4.56. The van der Waals surface area contributed by atoms with E-state index in [-0.39, 0.29) is 6.04 Å². The molecule has 0 amide bonds. The van der Waals surface area contributed by atoms with Gasteiger partial charge in [-0.25, -0.2) is 4.98 Å². The Morgan fingerprint density at radius 2 is 2.15 bits per heavy atom. The Labute approximate surface area is 118 Å². The van der Waals surface area contributed by atoms with Gasteiger partial charge in [-0.3, -0.25) is 0 Å². The number of aliphatic hydroxyl groups is 1. The zero-order valence-corrected chi connectivity index (χ0v) is 12.0. The summed E-state index contributed by atoms with van der Waals surface area (Å²) in [5.74, 6) is 0. The maximum atomic E-state index is 10.9. The lowest BCUT2D eigenvalue weighted by Crippen LogP contribution is -2.38. The van der Waals surface area contributed by atoms with E-state index in [4.69, 9.17) is 0 Å². The number of aliphatic imine (C=N–C) groups is 1. The molecule has 4 heteroatoms. The van der Waals surface area contributed by atoms with Crippen molar-refractivity contribution in [1.29, 1.82) is 0 Å². The van der Waals surface area contributed by atoms with Crippen molar-refractivity contribution in [2.75, 3.05) is 7.05 Å². The van der Waals surface area contributed by atoms with Crippen molar-refractivity contribution in [3.05, 3.63) is 42.4 Å². The number of rotatable bonds is 3. The van der Waals surface area contributed by atoms with Gasteiger partial charge in [0.05, 0.1) is 30.4 Å². The predicted molar refractivity (Wildman–Crippen MR) is 80.0 cm³/mol. The van der Waals surface area contributed by atoms with Crippen LogP contribution in [0, 0.1) is 5.41 Å². The van der Waals surface area contributed by atoms with E-state index < -0.39 is 11.5 Å². The zero-order chi connectivity index (χ0) is 14.3. The van der Waals surface area contributed by atoms with Crippen LogP contribution < -0.4 is 0 Å². The molecule has 0 saturated carbocycles. The summed E-state index contributed by atoms with van der Waals surface area (Å²) < 4.78 is 2.06. The fourth-order valence-corrected chi connectivity index (χ4v) is 3.01. The predicted octanol–water partition coefficient (Wildman–Crippen LogP) is 2.54. The smallest absolute Gasteiger partial charge is 0.0957 e. The summed E-state index contributed by atoms with van der Waals surface area (Å²) in [6, 6.07) is 8.08. The number of nitrogens with zero attached hydrogens (tertiary/aromatic N) is 3. The van der Waals surface area contributed by atoms with Gasteiger partial charge >= 0.3 is 0 Å². The van der Waals surface area contributed by atoms with Crippen molar-refractivity contribution >= 4 is 6.21 Å². The Kier molecular flexibility index (Phi) is 2.98. The lowest BCUT2D eigenvalue weighted by molar-refractivity contribution is 0.0619. The number of fused-ring (bicyclic) bond motifs is 3. The molecule has 1 N–H and O–H groups in total. The molecule has 1 aliphatic heterocycles. The third-order valence-electron chi connectivity index (χ3n) is 4.04. The van der Waals surface area contributed by atoms with Crippen LogP contribution in [0.5, 0.6) is 0 Å². The standard InChI is InChI=1S/C16H19N3O/c1-16(2,9-17-3)15(20)14-12-7-5-4-6-11(12)13-8-18-10-19(13)14/h4-10,14-15,20H,1-3H3/b17-9-. The van der Waals surface area contributed by atoms with Gasteiger partial charge in [-0.05, 0) is 5.56 Å². The average Bonchev–Trinajstić information content (AvgIpc) is 2.98. The van der Waals surface area contributed by atoms with Gasteiger partial charge in [0.25, 0.3) is 0 Å². The highest BCUT2D eigenvalue weighted by atomic mass is 16.3. The maximum absolute atomic E-state index is 10.9. The molecule has 2 unspecified atom stereocenters. The normalized spacial score (nSPS) is 19.1. The van der Waals surface area contributed by atoms with E-state index in [9.17, 15) is 5.11 Å². The Hall–Kier alpha value is -1.94. The summed E-state index contributed by atoms with van der Waals surface area (Å²) >= 11 is 0. The monoisotopic (exact) mass is 269 g/mol. The third kappa shape index (κ3) is 1.79. The van der Waals surface area contributed by atoms with Crippen LogP contribution in [-0.2, 0) is 0 Å². The fraction of sp³-hybridized carbons (Fsp3) is 0.375. The van der Waals surface area contributed by atoms with Crippen molar-refractivity contribution in [2.24, 2.45) is 10.4 Å². The summed E-state index contributed by atoms with van der Waals surface area (Å²) in [5.41, 5.74) is 2.96. The largest absolute Gasteiger partial charge is 0.390 e. The van der Waals surface area contributed by atoms with Gasteiger partial charge in [-0.2, -0.15) is 0 Å². The van der Waals surface area contributed by atoms with Crippen LogP contribution in [0.4, 0.5) is 0 Å². The van der Waals surface area contributed by atoms with E-state index in [0.717, 1.165) is 16.8 Å². The second-order valence-electron chi connectivity index (χ2n) is 5.87. The molecule has 0 aliphatic carbocycles. The fourth-order valence-electron chi connectivity index (χ4n) is 3.01. The SMILES string of the molecule is C/N=C\C(C)(C)C(O)C1c2ccccc2-c2cncn21. The van der Waals surface area contributed by atoms with Gasteiger partial charge in [0.2, 0.25) is 0 Å². The van der Waals surface area contributed by atoms with Crippen LogP contribution in [0.25, 0.3) is 11.3 Å². The number of aromatic nitrogens is 2. The van der Waals surface area contributed by atoms with E-state index in [0.29, 0.717) is 0 Å². The minimum atomic E-state index is -0.567. The van der Waals surface area contributed by atoms with Gasteiger partial charge < -0.3 is 14.7 Å². The second-order valence-corrected chi connectivity index (χ2v) is 5.87. The molecule has 2 heterocycles. The van der Waals surface area contributed by atoms with Crippen LogP contribution in [0.2, 0.25) is 0 Å². The average molecular weight is 269 g/mol. The molecule has 0 radical (unpaired) electrons. The van der Waals surface area contributed by atoms with Crippen molar-refractivity contribution < 1.29 is 5.11 Å². The van der Waals surface area contributed by atoms with E-state index in [1.165, 1.54) is 0 Å². The van der Waals surface area contributed by atoms with E-state index in [1.807, 2.05) is 38.4 Å². The number of hydrogen-bond acceptors (Lipinski definition) is 3. The quantitative estimate of drug-likeness (QED) is 0.871. The van der Waals surface area contributed by atoms with Crippen LogP contribution >= 0.6 is 0 Å². The molecular formula is C16H19N3O. The molecule has 104 valence electrons. The first-order valence-corrected chi connectivity index (χ1v) is 6.79. The molecule has 1 aromatic carbocycles. The lowest BCUT2D eigenvalue weighted by atomic mass is 9.81. The minimum Gasteiger partial charge on any atom is -0.390 e. The van der Waals surface area contributed by atoms with Crippen LogP contribution in [0.15, 0.2) is 41.8 Å². The van der Waals surface area contributed by atoms with Gasteiger partial charge in [0.1, 0.15) is 0 Å². The first kappa shape index (κ1) is 13.1. The van der Waals surface area contributed by atoms with E-state index in [2.05, 4.69) is 26.7 Å². The van der Waals surface area contributed by atoms with Crippen molar-refractivity contribution in [3.8, 4) is 11.3 Å². The minimum absolute atomic E-state index is 0.114. The molecule has 4 nitrogen and oxygen atoms in total. The highest BCUT2D eigenvalue weighted by Gasteiger charge is 2.40. The Morgan fingerprint density at radius 3 is 2.90 bits per heavy atom. The van der Waals surface area contributed by atoms with Gasteiger partial charge in [0.15, 0.2) is 0 Å². The Bertz CT molecular complexity index is 657. The Balaban J connectivity index is 2.11. The first-order chi connectivity index (χ1) is 9.56. The van der Waals surface area contributed by atoms with Gasteiger partial charge in [0, 0.05) is 24.2 Å². The summed E-state index contributed by atoms with van der Waals surface area (Å²) in [5, 5.41) is 10.9. The Morgan fingerprint density at radius 1 is 1.40 bits per heavy atom. The van der Waals surface area contributed by atoms with Crippen LogP contribution in [0.3, 0.4) is 0 Å². The molecule has 2 aromatic rings. The molecule has 0 saturated heterocycles. The highest BCUT2D eigenvalue weighted by Crippen LogP contribution is 2.43. The van der Waals surface area contributed by atoms with E-state index >= 15 is 0 Å². The molecule has 3 rings (SSSR count). The van der Waals surface area contributed by atoms with E-state index in [1.54, 1.807) is 13.4 Å². The number of benzene rings is 1. The van der Waals surface area contributed by atoms with Crippen molar-refractivity contribution in [3.63, 3.8) is 0 Å². The molecule has 1 aromatic heterocycles. The summed E-state index contributed by atoms with van der Waals surface area (Å²) in [4.78, 5) is 8.31. The zero-order valence-electron chi connectivity index (χ0n) is 12.0. The lowest BCUT2D eigenvalue weighted by Gasteiger charge is -2.32. The highest BCUT2D eigenvalue weighted by molar-refractivity contribution is 5.71. The molecule has 0 fully saturated rings. The van der Waals surface area contributed by atoms with Crippen LogP contribution in [0.1, 0.15) is 25.5 Å². The number of imidazole rings is 1. The topological polar surface area (TPSA) is 50.4 Å². The molecular weight excluding hydrogens is 250 g/mol. The summed E-state index contributed by atoms with van der Waals surface area (Å²) in [7, 11) is 1.74. The van der Waals surface area contributed by atoms with Crippen LogP contribution in [-0.4, -0.2) is 34.0 Å². The maximum Gasteiger partial charge on any atom is 0.0957 e. The molecule has 0 bridgehead atoms. The number of hydrogen-bond donors (Lipinski definition) is 1. The number of aliphatic hydroxyl groups excluding tert-OH is 1. The van der Waals surface area contributed by atoms with Crippen molar-refractivity contribution in [1.82, 2.24) is 9.55 Å². The van der Waals surface area contributed by atoms with Gasteiger partial charge in [-0.15, -0.1) is 0 Å². The first-order valence-electron chi connectivity index (χ1n) is 6.79. The molecule has 20 heavy (non-hydrogen) atoms.